The number of rotatable bonds is 7. The molecule has 164 valence electrons. The Labute approximate surface area is 194 Å². The van der Waals surface area contributed by atoms with E-state index in [4.69, 9.17) is 13.9 Å². The van der Waals surface area contributed by atoms with Crippen LogP contribution in [0.5, 0.6) is 11.5 Å². The summed E-state index contributed by atoms with van der Waals surface area (Å²) in [6.07, 6.45) is 2.23. The number of nitrogens with one attached hydrogen (secondary N) is 2. The summed E-state index contributed by atoms with van der Waals surface area (Å²) in [4.78, 5) is 4.59. The summed E-state index contributed by atoms with van der Waals surface area (Å²) in [5.41, 5.74) is 0.173. The molecular formula is C22H30IN3O4. The normalized spacial score (nSPS) is 18.3. The summed E-state index contributed by atoms with van der Waals surface area (Å²) in [6, 6.07) is 9.84. The fourth-order valence-electron chi connectivity index (χ4n) is 3.57. The van der Waals surface area contributed by atoms with Crippen molar-refractivity contribution < 1.29 is 19.0 Å². The summed E-state index contributed by atoms with van der Waals surface area (Å²) in [7, 11) is 0. The van der Waals surface area contributed by atoms with Crippen LogP contribution in [0.4, 0.5) is 0 Å². The number of aliphatic imine (C=N–C) groups is 1. The van der Waals surface area contributed by atoms with Gasteiger partial charge in [-0.3, -0.25) is 0 Å². The van der Waals surface area contributed by atoms with Crippen LogP contribution >= 0.6 is 24.0 Å². The number of hydrogen-bond donors (Lipinski definition) is 3. The maximum atomic E-state index is 10.7. The van der Waals surface area contributed by atoms with Gasteiger partial charge in [0, 0.05) is 18.5 Å². The molecule has 4 rings (SSSR count). The van der Waals surface area contributed by atoms with Gasteiger partial charge in [-0.05, 0) is 63.4 Å². The predicted octanol–water partition coefficient (Wildman–Crippen LogP) is 3.43. The quantitative estimate of drug-likeness (QED) is 0.291. The molecule has 1 aliphatic carbocycles. The molecule has 1 aromatic heterocycles. The Kier molecular flexibility index (Phi) is 6.86. The van der Waals surface area contributed by atoms with E-state index in [1.165, 1.54) is 5.56 Å². The Hall–Kier alpha value is -1.94. The number of ether oxygens (including phenoxy) is 2. The van der Waals surface area contributed by atoms with Crippen LogP contribution < -0.4 is 20.1 Å². The molecule has 30 heavy (non-hydrogen) atoms. The number of halogens is 1. The minimum atomic E-state index is -1.16. The molecule has 1 aliphatic heterocycles. The third-order valence-corrected chi connectivity index (χ3v) is 5.59. The Morgan fingerprint density at radius 2 is 1.93 bits per heavy atom. The topological polar surface area (TPSA) is 88.3 Å². The van der Waals surface area contributed by atoms with Crippen LogP contribution in [0.3, 0.4) is 0 Å². The van der Waals surface area contributed by atoms with Gasteiger partial charge in [0.05, 0.1) is 6.54 Å². The largest absolute Gasteiger partial charge is 0.463 e. The Morgan fingerprint density at radius 1 is 1.17 bits per heavy atom. The monoisotopic (exact) mass is 527 g/mol. The number of nitrogens with zero attached hydrogens (tertiary/aromatic N) is 1. The molecule has 1 fully saturated rings. The van der Waals surface area contributed by atoms with Gasteiger partial charge in [0.15, 0.2) is 17.5 Å². The van der Waals surface area contributed by atoms with Gasteiger partial charge in [-0.1, -0.05) is 6.07 Å². The molecule has 0 radical (unpaired) electrons. The molecule has 2 aliphatic rings. The average Bonchev–Trinajstić information content (AvgIpc) is 3.11. The smallest absolute Gasteiger partial charge is 0.231 e. The number of aryl methyl sites for hydroxylation is 1. The third-order valence-electron chi connectivity index (χ3n) is 5.59. The lowest BCUT2D eigenvalue weighted by Gasteiger charge is -2.22. The zero-order valence-electron chi connectivity index (χ0n) is 17.7. The van der Waals surface area contributed by atoms with Crippen LogP contribution in [0, 0.1) is 6.92 Å². The van der Waals surface area contributed by atoms with Crippen LogP contribution in [0.25, 0.3) is 0 Å². The summed E-state index contributed by atoms with van der Waals surface area (Å²) in [6.45, 7) is 7.59. The second kappa shape index (κ2) is 9.05. The van der Waals surface area contributed by atoms with Crippen molar-refractivity contribution in [1.82, 2.24) is 10.6 Å². The van der Waals surface area contributed by atoms with Crippen LogP contribution in [-0.2, 0) is 11.0 Å². The van der Waals surface area contributed by atoms with E-state index in [1.807, 2.05) is 26.0 Å². The standard InChI is InChI=1S/C22H29N3O4.HI/c1-4-23-20(24-12-21(3,26)19-8-5-15(2)29-19)25-13-22(9-10-22)16-6-7-17-18(11-16)28-14-27-17;/h5-8,11,26H,4,9-10,12-14H2,1-3H3,(H2,23,24,25);1H. The highest BCUT2D eigenvalue weighted by Gasteiger charge is 2.44. The van der Waals surface area contributed by atoms with Gasteiger partial charge in [-0.2, -0.15) is 0 Å². The van der Waals surface area contributed by atoms with Gasteiger partial charge in [-0.25, -0.2) is 4.99 Å². The molecule has 2 aromatic rings. The molecule has 1 atom stereocenters. The molecule has 7 nitrogen and oxygen atoms in total. The highest BCUT2D eigenvalue weighted by atomic mass is 127. The van der Waals surface area contributed by atoms with E-state index in [-0.39, 0.29) is 42.7 Å². The van der Waals surface area contributed by atoms with Crippen molar-refractivity contribution in [3.05, 3.63) is 47.4 Å². The summed E-state index contributed by atoms with van der Waals surface area (Å²) in [5.74, 6) is 3.60. The predicted molar refractivity (Wildman–Crippen MR) is 126 cm³/mol. The number of benzene rings is 1. The minimum Gasteiger partial charge on any atom is -0.463 e. The number of fused-ring (bicyclic) bond motifs is 1. The van der Waals surface area contributed by atoms with E-state index < -0.39 is 5.60 Å². The molecule has 3 N–H and O–H groups in total. The first-order chi connectivity index (χ1) is 13.9. The van der Waals surface area contributed by atoms with E-state index >= 15 is 0 Å². The van der Waals surface area contributed by atoms with Crippen LogP contribution in [0.1, 0.15) is 43.8 Å². The molecule has 2 heterocycles. The Balaban J connectivity index is 0.00000256. The number of aliphatic hydroxyl groups is 1. The van der Waals surface area contributed by atoms with Crippen molar-refractivity contribution in [1.29, 1.82) is 0 Å². The van der Waals surface area contributed by atoms with E-state index in [9.17, 15) is 5.11 Å². The lowest BCUT2D eigenvalue weighted by molar-refractivity contribution is 0.0428. The van der Waals surface area contributed by atoms with Crippen LogP contribution in [0.15, 0.2) is 39.7 Å². The fourth-order valence-corrected chi connectivity index (χ4v) is 3.57. The first-order valence-electron chi connectivity index (χ1n) is 10.1. The molecule has 1 unspecified atom stereocenters. The molecule has 1 aromatic carbocycles. The SMILES string of the molecule is CCNC(=NCC(C)(O)c1ccc(C)o1)NCC1(c2ccc3c(c2)OCO3)CC1.I. The van der Waals surface area contributed by atoms with Gasteiger partial charge in [0.25, 0.3) is 0 Å². The molecular weight excluding hydrogens is 497 g/mol. The zero-order chi connectivity index (χ0) is 20.5. The molecule has 0 bridgehead atoms. The van der Waals surface area contributed by atoms with Crippen molar-refractivity contribution in [2.24, 2.45) is 4.99 Å². The van der Waals surface area contributed by atoms with E-state index in [0.717, 1.165) is 43.2 Å². The van der Waals surface area contributed by atoms with Crippen LogP contribution in [-0.4, -0.2) is 37.5 Å². The first kappa shape index (κ1) is 22.7. The zero-order valence-corrected chi connectivity index (χ0v) is 20.0. The van der Waals surface area contributed by atoms with Gasteiger partial charge >= 0.3 is 0 Å². The lowest BCUT2D eigenvalue weighted by Crippen LogP contribution is -2.42. The second-order valence-electron chi connectivity index (χ2n) is 8.08. The molecule has 0 amide bonds. The summed E-state index contributed by atoms with van der Waals surface area (Å²) < 4.78 is 16.5. The highest BCUT2D eigenvalue weighted by Crippen LogP contribution is 2.49. The highest BCUT2D eigenvalue weighted by molar-refractivity contribution is 14.0. The van der Waals surface area contributed by atoms with E-state index in [0.29, 0.717) is 11.7 Å². The lowest BCUT2D eigenvalue weighted by atomic mass is 9.95. The fraction of sp³-hybridized carbons (Fsp3) is 0.500. The van der Waals surface area contributed by atoms with Gasteiger partial charge in [0.1, 0.15) is 17.1 Å². The molecule has 8 heteroatoms. The van der Waals surface area contributed by atoms with Crippen molar-refractivity contribution in [2.75, 3.05) is 26.4 Å². The van der Waals surface area contributed by atoms with Crippen LogP contribution in [0.2, 0.25) is 0 Å². The molecule has 0 saturated heterocycles. The number of furan rings is 1. The molecule has 1 saturated carbocycles. The molecule has 0 spiro atoms. The van der Waals surface area contributed by atoms with Crippen molar-refractivity contribution in [3.63, 3.8) is 0 Å². The van der Waals surface area contributed by atoms with E-state index in [1.54, 1.807) is 13.0 Å². The van der Waals surface area contributed by atoms with Crippen molar-refractivity contribution in [2.45, 2.75) is 44.6 Å². The summed E-state index contributed by atoms with van der Waals surface area (Å²) >= 11 is 0. The minimum absolute atomic E-state index is 0. The number of guanidine groups is 1. The summed E-state index contributed by atoms with van der Waals surface area (Å²) in [5, 5.41) is 17.4. The average molecular weight is 527 g/mol. The maximum absolute atomic E-state index is 10.7. The second-order valence-corrected chi connectivity index (χ2v) is 8.08. The number of hydrogen-bond acceptors (Lipinski definition) is 5. The third kappa shape index (κ3) is 4.85. The van der Waals surface area contributed by atoms with E-state index in [2.05, 4.69) is 27.8 Å². The Bertz CT molecular complexity index is 906. The maximum Gasteiger partial charge on any atom is 0.231 e. The van der Waals surface area contributed by atoms with Crippen molar-refractivity contribution in [3.8, 4) is 11.5 Å². The van der Waals surface area contributed by atoms with Gasteiger partial charge in [-0.15, -0.1) is 24.0 Å². The van der Waals surface area contributed by atoms with Crippen molar-refractivity contribution >= 4 is 29.9 Å². The Morgan fingerprint density at radius 3 is 2.60 bits per heavy atom. The van der Waals surface area contributed by atoms with Gasteiger partial charge < -0.3 is 29.6 Å². The van der Waals surface area contributed by atoms with Gasteiger partial charge in [0.2, 0.25) is 6.79 Å². The first-order valence-corrected chi connectivity index (χ1v) is 10.1.